The molecule has 0 spiro atoms. The van der Waals surface area contributed by atoms with Crippen molar-refractivity contribution in [1.29, 1.82) is 0 Å². The van der Waals surface area contributed by atoms with Gasteiger partial charge in [-0.1, -0.05) is 39.7 Å². The third kappa shape index (κ3) is 7.28. The van der Waals surface area contributed by atoms with Crippen LogP contribution in [0.15, 0.2) is 24.3 Å². The van der Waals surface area contributed by atoms with Gasteiger partial charge in [-0.3, -0.25) is 14.4 Å². The molecule has 0 aliphatic carbocycles. The molecule has 1 saturated heterocycles. The molecule has 0 saturated carbocycles. The number of anilines is 1. The van der Waals surface area contributed by atoms with Crippen LogP contribution < -0.4 is 10.0 Å². The number of nitrogens with one attached hydrogen (secondary N) is 2. The Morgan fingerprint density at radius 3 is 2.48 bits per heavy atom. The van der Waals surface area contributed by atoms with Crippen LogP contribution in [0.4, 0.5) is 5.69 Å². The zero-order valence-electron chi connectivity index (χ0n) is 17.8. The first-order valence-corrected chi connectivity index (χ1v) is 12.3. The molecule has 1 aromatic rings. The second kappa shape index (κ2) is 11.5. The van der Waals surface area contributed by atoms with Crippen LogP contribution in [-0.4, -0.2) is 63.9 Å². The maximum atomic E-state index is 12.7. The van der Waals surface area contributed by atoms with Crippen LogP contribution in [0.1, 0.15) is 50.4 Å². The van der Waals surface area contributed by atoms with E-state index in [0.29, 0.717) is 30.1 Å². The molecule has 164 valence electrons. The standard InChI is InChI=1S/C21H35N3O4S/c1-4-14-29(26,27)23-19-9-7-8-18(15-19)21(25)22-16-20(17(5-2)6-3)24-10-12-28-13-11-24/h7-9,15,17,20,23H,4-6,10-14,16H2,1-3H3,(H,22,25)/t20-/m0/s1. The molecule has 29 heavy (non-hydrogen) atoms. The Morgan fingerprint density at radius 2 is 1.86 bits per heavy atom. The highest BCUT2D eigenvalue weighted by atomic mass is 32.2. The summed E-state index contributed by atoms with van der Waals surface area (Å²) in [5.74, 6) is 0.367. The normalized spacial score (nSPS) is 16.6. The van der Waals surface area contributed by atoms with Crippen molar-refractivity contribution in [3.63, 3.8) is 0 Å². The molecule has 1 atom stereocenters. The summed E-state index contributed by atoms with van der Waals surface area (Å²) in [6, 6.07) is 6.91. The van der Waals surface area contributed by atoms with Crippen LogP contribution in [0.25, 0.3) is 0 Å². The molecule has 0 aromatic heterocycles. The predicted octanol–water partition coefficient (Wildman–Crippen LogP) is 2.71. The number of nitrogens with zero attached hydrogens (tertiary/aromatic N) is 1. The van der Waals surface area contributed by atoms with E-state index in [1.54, 1.807) is 24.3 Å². The van der Waals surface area contributed by atoms with Crippen LogP contribution in [0.3, 0.4) is 0 Å². The Hall–Kier alpha value is -1.64. The van der Waals surface area contributed by atoms with Gasteiger partial charge in [0.15, 0.2) is 0 Å². The first kappa shape index (κ1) is 23.6. The molecular weight excluding hydrogens is 390 g/mol. The first-order valence-electron chi connectivity index (χ1n) is 10.6. The number of hydrogen-bond acceptors (Lipinski definition) is 5. The molecular formula is C21H35N3O4S. The smallest absolute Gasteiger partial charge is 0.251 e. The quantitative estimate of drug-likeness (QED) is 0.569. The van der Waals surface area contributed by atoms with Crippen molar-refractivity contribution in [1.82, 2.24) is 10.2 Å². The molecule has 1 amide bonds. The number of benzene rings is 1. The lowest BCUT2D eigenvalue weighted by Gasteiger charge is -2.38. The average Bonchev–Trinajstić information content (AvgIpc) is 2.71. The third-order valence-electron chi connectivity index (χ3n) is 5.45. The summed E-state index contributed by atoms with van der Waals surface area (Å²) in [7, 11) is -3.39. The molecule has 0 bridgehead atoms. The van der Waals surface area contributed by atoms with E-state index in [9.17, 15) is 13.2 Å². The average molecular weight is 426 g/mol. The van der Waals surface area contributed by atoms with Gasteiger partial charge < -0.3 is 10.1 Å². The van der Waals surface area contributed by atoms with Gasteiger partial charge in [0.25, 0.3) is 5.91 Å². The van der Waals surface area contributed by atoms with Crippen LogP contribution in [0, 0.1) is 5.92 Å². The number of hydrogen-bond donors (Lipinski definition) is 2. The maximum Gasteiger partial charge on any atom is 0.251 e. The third-order valence-corrected chi connectivity index (χ3v) is 6.94. The van der Waals surface area contributed by atoms with E-state index in [0.717, 1.165) is 39.1 Å². The highest BCUT2D eigenvalue weighted by Gasteiger charge is 2.27. The summed E-state index contributed by atoms with van der Waals surface area (Å²) in [6.45, 7) is 9.97. The van der Waals surface area contributed by atoms with Crippen molar-refractivity contribution in [3.8, 4) is 0 Å². The van der Waals surface area contributed by atoms with Crippen molar-refractivity contribution in [2.24, 2.45) is 5.92 Å². The summed E-state index contributed by atoms with van der Waals surface area (Å²) in [5, 5.41) is 3.06. The maximum absolute atomic E-state index is 12.7. The Balaban J connectivity index is 2.04. The van der Waals surface area contributed by atoms with Crippen molar-refractivity contribution >= 4 is 21.6 Å². The van der Waals surface area contributed by atoms with E-state index in [1.165, 1.54) is 0 Å². The minimum absolute atomic E-state index is 0.0556. The molecule has 1 aliphatic heterocycles. The fraction of sp³-hybridized carbons (Fsp3) is 0.667. The van der Waals surface area contributed by atoms with E-state index < -0.39 is 10.0 Å². The molecule has 1 aliphatic rings. The second-order valence-electron chi connectivity index (χ2n) is 7.50. The largest absolute Gasteiger partial charge is 0.379 e. The van der Waals surface area contributed by atoms with Crippen molar-refractivity contribution < 1.29 is 17.9 Å². The van der Waals surface area contributed by atoms with Gasteiger partial charge in [0.05, 0.1) is 19.0 Å². The number of ether oxygens (including phenoxy) is 1. The number of sulfonamides is 1. The summed E-state index contributed by atoms with van der Waals surface area (Å²) >= 11 is 0. The van der Waals surface area contributed by atoms with Gasteiger partial charge in [-0.2, -0.15) is 0 Å². The number of rotatable bonds is 11. The fourth-order valence-electron chi connectivity index (χ4n) is 3.86. The van der Waals surface area contributed by atoms with E-state index in [-0.39, 0.29) is 17.7 Å². The van der Waals surface area contributed by atoms with Crippen LogP contribution in [0.5, 0.6) is 0 Å². The monoisotopic (exact) mass is 425 g/mol. The van der Waals surface area contributed by atoms with Crippen molar-refractivity contribution in [2.45, 2.75) is 46.1 Å². The Kier molecular flexibility index (Phi) is 9.39. The summed E-state index contributed by atoms with van der Waals surface area (Å²) in [4.78, 5) is 15.2. The van der Waals surface area contributed by atoms with Gasteiger partial charge in [0.1, 0.15) is 0 Å². The van der Waals surface area contributed by atoms with Crippen molar-refractivity contribution in [3.05, 3.63) is 29.8 Å². The highest BCUT2D eigenvalue weighted by Crippen LogP contribution is 2.20. The van der Waals surface area contributed by atoms with Gasteiger partial charge in [0.2, 0.25) is 10.0 Å². The lowest BCUT2D eigenvalue weighted by atomic mass is 9.92. The Morgan fingerprint density at radius 1 is 1.17 bits per heavy atom. The number of amides is 1. The molecule has 1 aromatic carbocycles. The molecule has 7 nitrogen and oxygen atoms in total. The van der Waals surface area contributed by atoms with E-state index >= 15 is 0 Å². The highest BCUT2D eigenvalue weighted by molar-refractivity contribution is 7.92. The van der Waals surface area contributed by atoms with Gasteiger partial charge in [-0.15, -0.1) is 0 Å². The lowest BCUT2D eigenvalue weighted by molar-refractivity contribution is 0.00191. The van der Waals surface area contributed by atoms with Crippen molar-refractivity contribution in [2.75, 3.05) is 43.3 Å². The number of carbonyl (C=O) groups is 1. The second-order valence-corrected chi connectivity index (χ2v) is 9.35. The molecule has 0 radical (unpaired) electrons. The minimum Gasteiger partial charge on any atom is -0.379 e. The molecule has 1 fully saturated rings. The summed E-state index contributed by atoms with van der Waals surface area (Å²) < 4.78 is 32.0. The summed E-state index contributed by atoms with van der Waals surface area (Å²) in [5.41, 5.74) is 0.864. The van der Waals surface area contributed by atoms with E-state index in [2.05, 4.69) is 28.8 Å². The predicted molar refractivity (Wildman–Crippen MR) is 117 cm³/mol. The van der Waals surface area contributed by atoms with Gasteiger partial charge >= 0.3 is 0 Å². The zero-order valence-corrected chi connectivity index (χ0v) is 18.6. The van der Waals surface area contributed by atoms with E-state index in [4.69, 9.17) is 4.74 Å². The molecule has 8 heteroatoms. The fourth-order valence-corrected chi connectivity index (χ4v) is 4.98. The zero-order chi connectivity index (χ0) is 21.3. The molecule has 0 unspecified atom stereocenters. The molecule has 2 rings (SSSR count). The topological polar surface area (TPSA) is 87.7 Å². The van der Waals surface area contributed by atoms with Gasteiger partial charge in [-0.25, -0.2) is 8.42 Å². The Labute approximate surface area is 175 Å². The minimum atomic E-state index is -3.39. The van der Waals surface area contributed by atoms with Crippen LogP contribution in [0.2, 0.25) is 0 Å². The SMILES string of the molecule is CCCS(=O)(=O)Nc1cccc(C(=O)NC[C@@H](C(CC)CC)N2CCOCC2)c1. The Bertz CT molecular complexity index is 744. The number of morpholine rings is 1. The summed E-state index contributed by atoms with van der Waals surface area (Å²) in [6.07, 6.45) is 2.65. The first-order chi connectivity index (χ1) is 13.9. The number of carbonyl (C=O) groups excluding carboxylic acids is 1. The van der Waals surface area contributed by atoms with Gasteiger partial charge in [-0.05, 0) is 30.5 Å². The van der Waals surface area contributed by atoms with Gasteiger partial charge in [0, 0.05) is 36.9 Å². The molecule has 2 N–H and O–H groups in total. The molecule has 1 heterocycles. The van der Waals surface area contributed by atoms with E-state index in [1.807, 2.05) is 6.92 Å². The van der Waals surface area contributed by atoms with Crippen LogP contribution >= 0.6 is 0 Å². The van der Waals surface area contributed by atoms with Crippen LogP contribution in [-0.2, 0) is 14.8 Å². The lowest BCUT2D eigenvalue weighted by Crippen LogP contribution is -2.52.